The topological polar surface area (TPSA) is 88.5 Å². The van der Waals surface area contributed by atoms with Crippen molar-refractivity contribution in [2.45, 2.75) is 18.4 Å². The molecule has 1 aliphatic rings. The largest absolute Gasteiger partial charge is 0.480 e. The summed E-state index contributed by atoms with van der Waals surface area (Å²) in [5.41, 5.74) is 5.27. The minimum Gasteiger partial charge on any atom is -0.480 e. The van der Waals surface area contributed by atoms with Gasteiger partial charge in [0.2, 0.25) is 0 Å². The van der Waals surface area contributed by atoms with Crippen molar-refractivity contribution in [1.29, 1.82) is 0 Å². The van der Waals surface area contributed by atoms with Gasteiger partial charge in [-0.2, -0.15) is 0 Å². The molecular weight excluding hydrogens is 416 g/mol. The van der Waals surface area contributed by atoms with Crippen LogP contribution in [0.1, 0.15) is 22.6 Å². The van der Waals surface area contributed by atoms with Crippen molar-refractivity contribution in [1.82, 2.24) is 10.3 Å². The summed E-state index contributed by atoms with van der Waals surface area (Å²) in [5.74, 6) is -1.21. The Hall–Kier alpha value is -4.19. The van der Waals surface area contributed by atoms with Crippen LogP contribution in [-0.2, 0) is 16.0 Å². The Bertz CT molecular complexity index is 1300. The van der Waals surface area contributed by atoms with Crippen LogP contribution < -0.4 is 5.32 Å². The van der Waals surface area contributed by atoms with Crippen molar-refractivity contribution in [2.75, 3.05) is 6.61 Å². The van der Waals surface area contributed by atoms with Crippen LogP contribution in [0, 0.1) is 0 Å². The predicted molar refractivity (Wildman–Crippen MR) is 125 cm³/mol. The fourth-order valence-corrected chi connectivity index (χ4v) is 4.56. The molecule has 1 aromatic heterocycles. The fraction of sp³-hybridized carbons (Fsp3) is 0.148. The molecule has 3 aromatic carbocycles. The van der Waals surface area contributed by atoms with Gasteiger partial charge in [0.1, 0.15) is 12.6 Å². The Kier molecular flexibility index (Phi) is 5.48. The van der Waals surface area contributed by atoms with E-state index in [2.05, 4.69) is 22.4 Å². The number of hydrogen-bond donors (Lipinski definition) is 2. The fourth-order valence-electron chi connectivity index (χ4n) is 4.56. The molecule has 0 saturated carbocycles. The van der Waals surface area contributed by atoms with Crippen molar-refractivity contribution in [2.24, 2.45) is 0 Å². The highest BCUT2D eigenvalue weighted by molar-refractivity contribution is 5.86. The van der Waals surface area contributed by atoms with Gasteiger partial charge in [-0.15, -0.1) is 0 Å². The first kappa shape index (κ1) is 20.7. The van der Waals surface area contributed by atoms with Crippen LogP contribution in [0.5, 0.6) is 0 Å². The number of aliphatic carboxylic acids is 1. The Morgan fingerprint density at radius 3 is 2.33 bits per heavy atom. The third kappa shape index (κ3) is 4.03. The number of ether oxygens (including phenoxy) is 1. The van der Waals surface area contributed by atoms with Crippen molar-refractivity contribution in [3.05, 3.63) is 102 Å². The van der Waals surface area contributed by atoms with Gasteiger partial charge in [-0.25, -0.2) is 9.59 Å². The average molecular weight is 438 g/mol. The molecule has 6 nitrogen and oxygen atoms in total. The van der Waals surface area contributed by atoms with Crippen LogP contribution in [0.2, 0.25) is 0 Å². The first-order chi connectivity index (χ1) is 16.1. The van der Waals surface area contributed by atoms with Crippen LogP contribution in [-0.4, -0.2) is 34.8 Å². The molecule has 4 aromatic rings. The van der Waals surface area contributed by atoms with E-state index in [-0.39, 0.29) is 18.9 Å². The van der Waals surface area contributed by atoms with Gasteiger partial charge in [-0.1, -0.05) is 66.7 Å². The summed E-state index contributed by atoms with van der Waals surface area (Å²) in [5, 5.41) is 14.1. The molecule has 6 heteroatoms. The summed E-state index contributed by atoms with van der Waals surface area (Å²) in [6, 6.07) is 22.5. The number of aromatic nitrogens is 1. The average Bonchev–Trinajstić information content (AvgIpc) is 3.16. The summed E-state index contributed by atoms with van der Waals surface area (Å²) in [7, 11) is 0. The summed E-state index contributed by atoms with van der Waals surface area (Å²) in [4.78, 5) is 28.6. The number of nitrogens with one attached hydrogen (secondary N) is 1. The maximum Gasteiger partial charge on any atom is 0.407 e. The number of pyridine rings is 1. The number of carboxylic acids is 1. The molecule has 0 saturated heterocycles. The smallest absolute Gasteiger partial charge is 0.407 e. The summed E-state index contributed by atoms with van der Waals surface area (Å²) >= 11 is 0. The second kappa shape index (κ2) is 8.74. The molecule has 5 rings (SSSR count). The SMILES string of the molecule is O=C(NC(Cc1cccc2ccncc12)C(=O)O)OCC1c2ccccc2-c2ccccc21. The van der Waals surface area contributed by atoms with E-state index < -0.39 is 18.1 Å². The van der Waals surface area contributed by atoms with Gasteiger partial charge >= 0.3 is 12.1 Å². The monoisotopic (exact) mass is 438 g/mol. The number of fused-ring (bicyclic) bond motifs is 4. The number of carbonyl (C=O) groups is 2. The first-order valence-electron chi connectivity index (χ1n) is 10.8. The number of nitrogens with zero attached hydrogens (tertiary/aromatic N) is 1. The normalized spacial score (nSPS) is 13.2. The lowest BCUT2D eigenvalue weighted by molar-refractivity contribution is -0.139. The molecule has 2 N–H and O–H groups in total. The molecule has 1 unspecified atom stereocenters. The van der Waals surface area contributed by atoms with Gasteiger partial charge in [-0.05, 0) is 39.3 Å². The number of benzene rings is 3. The zero-order valence-electron chi connectivity index (χ0n) is 17.8. The molecule has 164 valence electrons. The highest BCUT2D eigenvalue weighted by Crippen LogP contribution is 2.44. The summed E-state index contributed by atoms with van der Waals surface area (Å²) in [6.45, 7) is 0.129. The Balaban J connectivity index is 1.29. The van der Waals surface area contributed by atoms with E-state index in [4.69, 9.17) is 4.74 Å². The summed E-state index contributed by atoms with van der Waals surface area (Å²) in [6.07, 6.45) is 2.78. The Morgan fingerprint density at radius 2 is 1.64 bits per heavy atom. The maximum atomic E-state index is 12.6. The lowest BCUT2D eigenvalue weighted by Crippen LogP contribution is -2.43. The van der Waals surface area contributed by atoms with E-state index in [1.807, 2.05) is 60.7 Å². The zero-order valence-corrected chi connectivity index (χ0v) is 17.8. The number of rotatable bonds is 6. The minimum atomic E-state index is -1.12. The van der Waals surface area contributed by atoms with Crippen LogP contribution in [0.3, 0.4) is 0 Å². The molecule has 0 aliphatic heterocycles. The van der Waals surface area contributed by atoms with Gasteiger partial charge in [-0.3, -0.25) is 4.98 Å². The molecule has 0 spiro atoms. The standard InChI is InChI=1S/C27H22N2O4/c30-26(31)25(14-18-7-5-6-17-12-13-28-15-23(17)18)29-27(32)33-16-24-21-10-3-1-8-19(21)20-9-2-4-11-22(20)24/h1-13,15,24-25H,14,16H2,(H,29,32)(H,30,31). The van der Waals surface area contributed by atoms with E-state index in [1.165, 1.54) is 0 Å². The molecule has 33 heavy (non-hydrogen) atoms. The van der Waals surface area contributed by atoms with Crippen LogP contribution >= 0.6 is 0 Å². The molecule has 1 amide bonds. The van der Waals surface area contributed by atoms with E-state index in [0.29, 0.717) is 0 Å². The lowest BCUT2D eigenvalue weighted by Gasteiger charge is -2.18. The second-order valence-electron chi connectivity index (χ2n) is 8.08. The van der Waals surface area contributed by atoms with Crippen molar-refractivity contribution in [3.63, 3.8) is 0 Å². The van der Waals surface area contributed by atoms with E-state index >= 15 is 0 Å². The van der Waals surface area contributed by atoms with Gasteiger partial charge in [0, 0.05) is 30.1 Å². The van der Waals surface area contributed by atoms with E-state index in [0.717, 1.165) is 38.6 Å². The molecule has 1 heterocycles. The Labute approximate surface area is 190 Å². The van der Waals surface area contributed by atoms with Gasteiger partial charge in [0.25, 0.3) is 0 Å². The molecule has 1 aliphatic carbocycles. The van der Waals surface area contributed by atoms with Gasteiger partial charge in [0.15, 0.2) is 0 Å². The van der Waals surface area contributed by atoms with E-state index in [1.54, 1.807) is 12.4 Å². The highest BCUT2D eigenvalue weighted by Gasteiger charge is 2.30. The highest BCUT2D eigenvalue weighted by atomic mass is 16.5. The Morgan fingerprint density at radius 1 is 0.939 bits per heavy atom. The maximum absolute atomic E-state index is 12.6. The first-order valence-corrected chi connectivity index (χ1v) is 10.8. The van der Waals surface area contributed by atoms with Crippen LogP contribution in [0.25, 0.3) is 21.9 Å². The zero-order chi connectivity index (χ0) is 22.8. The van der Waals surface area contributed by atoms with Crippen LogP contribution in [0.15, 0.2) is 85.2 Å². The lowest BCUT2D eigenvalue weighted by atomic mass is 9.98. The number of amides is 1. The molecule has 1 atom stereocenters. The van der Waals surface area contributed by atoms with Gasteiger partial charge < -0.3 is 15.2 Å². The van der Waals surface area contributed by atoms with Gasteiger partial charge in [0.05, 0.1) is 0 Å². The molecular formula is C27H22N2O4. The van der Waals surface area contributed by atoms with E-state index in [9.17, 15) is 14.7 Å². The number of carboxylic acid groups (broad SMARTS) is 1. The third-order valence-corrected chi connectivity index (χ3v) is 6.13. The molecule has 0 bridgehead atoms. The predicted octanol–water partition coefficient (Wildman–Crippen LogP) is 4.77. The number of alkyl carbamates (subject to hydrolysis) is 1. The summed E-state index contributed by atoms with van der Waals surface area (Å²) < 4.78 is 5.52. The molecule has 0 radical (unpaired) electrons. The second-order valence-corrected chi connectivity index (χ2v) is 8.08. The van der Waals surface area contributed by atoms with Crippen molar-refractivity contribution >= 4 is 22.8 Å². The minimum absolute atomic E-state index is 0.0874. The van der Waals surface area contributed by atoms with Crippen molar-refractivity contribution < 1.29 is 19.4 Å². The quantitative estimate of drug-likeness (QED) is 0.453. The number of hydrogen-bond acceptors (Lipinski definition) is 4. The van der Waals surface area contributed by atoms with Crippen molar-refractivity contribution in [3.8, 4) is 11.1 Å². The van der Waals surface area contributed by atoms with Crippen LogP contribution in [0.4, 0.5) is 4.79 Å². The third-order valence-electron chi connectivity index (χ3n) is 6.13. The molecule has 0 fully saturated rings. The number of carbonyl (C=O) groups excluding carboxylic acids is 1.